The maximum atomic E-state index is 13.0. The average molecular weight is 426 g/mol. The van der Waals surface area contributed by atoms with Crippen LogP contribution >= 0.6 is 0 Å². The summed E-state index contributed by atoms with van der Waals surface area (Å²) in [6.07, 6.45) is 1.22. The minimum absolute atomic E-state index is 0.0866. The molecule has 0 saturated carbocycles. The first-order chi connectivity index (χ1) is 14.9. The summed E-state index contributed by atoms with van der Waals surface area (Å²) in [5.74, 6) is -1.52. The van der Waals surface area contributed by atoms with Crippen molar-refractivity contribution in [3.05, 3.63) is 34.9 Å². The van der Waals surface area contributed by atoms with Crippen molar-refractivity contribution in [1.29, 1.82) is 0 Å². The molecule has 0 aliphatic carbocycles. The number of likely N-dealkylation sites (tertiary alicyclic amines) is 1. The number of ether oxygens (including phenoxy) is 1. The third kappa shape index (κ3) is 3.28. The predicted octanol–water partition coefficient (Wildman–Crippen LogP) is -0.115. The molecule has 9 nitrogen and oxygen atoms in total. The van der Waals surface area contributed by atoms with Crippen LogP contribution in [-0.2, 0) is 20.9 Å². The second kappa shape index (κ2) is 7.51. The summed E-state index contributed by atoms with van der Waals surface area (Å²) >= 11 is 0. The van der Waals surface area contributed by atoms with Gasteiger partial charge in [-0.25, -0.2) is 0 Å². The number of carbonyl (C=O) groups is 4. The molecular weight excluding hydrogens is 400 g/mol. The minimum atomic E-state index is -0.945. The molecule has 3 saturated heterocycles. The first-order valence-corrected chi connectivity index (χ1v) is 10.8. The van der Waals surface area contributed by atoms with Crippen LogP contribution in [0.5, 0.6) is 0 Å². The maximum absolute atomic E-state index is 13.0. The lowest BCUT2D eigenvalue weighted by molar-refractivity contribution is -0.136. The monoisotopic (exact) mass is 426 g/mol. The van der Waals surface area contributed by atoms with E-state index in [0.717, 1.165) is 43.2 Å². The number of fused-ring (bicyclic) bond motifs is 2. The van der Waals surface area contributed by atoms with Gasteiger partial charge in [0.25, 0.3) is 11.8 Å². The van der Waals surface area contributed by atoms with Crippen LogP contribution in [0.15, 0.2) is 18.2 Å². The highest BCUT2D eigenvalue weighted by atomic mass is 16.5. The van der Waals surface area contributed by atoms with Gasteiger partial charge in [0.15, 0.2) is 0 Å². The number of nitrogens with zero attached hydrogens (tertiary/aromatic N) is 2. The highest BCUT2D eigenvalue weighted by molar-refractivity contribution is 6.23. The van der Waals surface area contributed by atoms with Crippen molar-refractivity contribution < 1.29 is 23.9 Å². The number of carbonyl (C=O) groups excluding carboxylic acids is 4. The molecule has 9 heteroatoms. The van der Waals surface area contributed by atoms with Gasteiger partial charge in [0.05, 0.1) is 17.7 Å². The molecule has 4 heterocycles. The summed E-state index contributed by atoms with van der Waals surface area (Å²) < 4.78 is 5.66. The number of amides is 4. The fraction of sp³-hybridized carbons (Fsp3) is 0.545. The predicted molar refractivity (Wildman–Crippen MR) is 109 cm³/mol. The van der Waals surface area contributed by atoms with E-state index in [9.17, 15) is 19.2 Å². The van der Waals surface area contributed by atoms with Gasteiger partial charge < -0.3 is 10.5 Å². The summed E-state index contributed by atoms with van der Waals surface area (Å²) in [5.41, 5.74) is 7.78. The Kier molecular flexibility index (Phi) is 4.91. The van der Waals surface area contributed by atoms with Crippen molar-refractivity contribution in [2.45, 2.75) is 31.8 Å². The van der Waals surface area contributed by atoms with Crippen molar-refractivity contribution in [3.8, 4) is 0 Å². The molecule has 0 radical (unpaired) electrons. The summed E-state index contributed by atoms with van der Waals surface area (Å²) in [7, 11) is 0. The maximum Gasteiger partial charge on any atom is 0.262 e. The lowest BCUT2D eigenvalue weighted by Gasteiger charge is -2.37. The van der Waals surface area contributed by atoms with Crippen LogP contribution in [0.25, 0.3) is 0 Å². The van der Waals surface area contributed by atoms with Crippen LogP contribution < -0.4 is 11.1 Å². The van der Waals surface area contributed by atoms with E-state index in [1.54, 1.807) is 12.1 Å². The molecule has 3 N–H and O–H groups in total. The first-order valence-electron chi connectivity index (χ1n) is 10.8. The second-order valence-corrected chi connectivity index (χ2v) is 9.09. The molecule has 0 bridgehead atoms. The van der Waals surface area contributed by atoms with Gasteiger partial charge in [-0.1, -0.05) is 6.07 Å². The molecule has 1 aromatic carbocycles. The molecule has 5 rings (SSSR count). The van der Waals surface area contributed by atoms with E-state index in [1.807, 2.05) is 6.07 Å². The van der Waals surface area contributed by atoms with E-state index in [4.69, 9.17) is 10.5 Å². The third-order valence-corrected chi connectivity index (χ3v) is 7.26. The topological polar surface area (TPSA) is 122 Å². The second-order valence-electron chi connectivity index (χ2n) is 9.09. The van der Waals surface area contributed by atoms with Gasteiger partial charge >= 0.3 is 0 Å². The fourth-order valence-electron chi connectivity index (χ4n) is 5.49. The van der Waals surface area contributed by atoms with E-state index < -0.39 is 23.8 Å². The molecule has 4 aliphatic rings. The van der Waals surface area contributed by atoms with Gasteiger partial charge in [0.2, 0.25) is 11.8 Å². The van der Waals surface area contributed by atoms with Crippen molar-refractivity contribution in [2.75, 3.05) is 32.8 Å². The van der Waals surface area contributed by atoms with Crippen molar-refractivity contribution in [2.24, 2.45) is 17.1 Å². The average Bonchev–Trinajstić information content (AvgIpc) is 3.24. The Bertz CT molecular complexity index is 979. The Labute approximate surface area is 179 Å². The quantitative estimate of drug-likeness (QED) is 0.644. The van der Waals surface area contributed by atoms with Crippen LogP contribution in [0, 0.1) is 11.3 Å². The standard InChI is InChI=1S/C22H26N4O5/c23-11-22-5-6-31-10-14(22)9-25(12-22)8-13-1-2-15-16(7-13)21(30)26(20(15)29)17-3-4-18(27)24-19(17)28/h1-2,7,14,17H,3-6,8-12,23H2,(H,24,27,28). The Balaban J connectivity index is 1.34. The lowest BCUT2D eigenvalue weighted by atomic mass is 9.74. The highest BCUT2D eigenvalue weighted by Gasteiger charge is 2.48. The third-order valence-electron chi connectivity index (χ3n) is 7.26. The zero-order valence-electron chi connectivity index (χ0n) is 17.3. The molecule has 3 unspecified atom stereocenters. The number of nitrogens with one attached hydrogen (secondary N) is 1. The van der Waals surface area contributed by atoms with E-state index in [2.05, 4.69) is 10.2 Å². The summed E-state index contributed by atoms with van der Waals surface area (Å²) in [4.78, 5) is 52.8. The van der Waals surface area contributed by atoms with E-state index in [-0.39, 0.29) is 24.2 Å². The molecule has 4 amide bonds. The number of rotatable bonds is 4. The molecule has 4 aliphatic heterocycles. The van der Waals surface area contributed by atoms with Crippen LogP contribution in [0.1, 0.15) is 45.5 Å². The minimum Gasteiger partial charge on any atom is -0.381 e. The van der Waals surface area contributed by atoms with Crippen LogP contribution in [0.3, 0.4) is 0 Å². The Morgan fingerprint density at radius 1 is 1.16 bits per heavy atom. The Hall–Kier alpha value is -2.62. The number of nitrogens with two attached hydrogens (primary N) is 1. The number of hydrogen-bond donors (Lipinski definition) is 2. The molecule has 1 aromatic rings. The molecule has 0 spiro atoms. The SMILES string of the molecule is NCC12CCOCC1CN(Cc1ccc3c(c1)C(=O)N(C1CCC(=O)NC1=O)C3=O)C2. The van der Waals surface area contributed by atoms with Crippen LogP contribution in [-0.4, -0.2) is 72.3 Å². The molecule has 0 aromatic heterocycles. The fourth-order valence-corrected chi connectivity index (χ4v) is 5.49. The smallest absolute Gasteiger partial charge is 0.262 e. The Morgan fingerprint density at radius 2 is 1.97 bits per heavy atom. The molecule has 3 fully saturated rings. The van der Waals surface area contributed by atoms with Gasteiger partial charge in [-0.15, -0.1) is 0 Å². The lowest BCUT2D eigenvalue weighted by Crippen LogP contribution is -2.54. The van der Waals surface area contributed by atoms with Crippen molar-refractivity contribution >= 4 is 23.6 Å². The van der Waals surface area contributed by atoms with E-state index in [1.165, 1.54) is 0 Å². The zero-order chi connectivity index (χ0) is 21.8. The van der Waals surface area contributed by atoms with E-state index in [0.29, 0.717) is 30.1 Å². The van der Waals surface area contributed by atoms with E-state index >= 15 is 0 Å². The largest absolute Gasteiger partial charge is 0.381 e. The van der Waals surface area contributed by atoms with Gasteiger partial charge in [-0.05, 0) is 37.1 Å². The summed E-state index contributed by atoms with van der Waals surface area (Å²) in [5, 5.41) is 2.22. The summed E-state index contributed by atoms with van der Waals surface area (Å²) in [6, 6.07) is 4.35. The van der Waals surface area contributed by atoms with Gasteiger partial charge in [-0.2, -0.15) is 0 Å². The highest BCUT2D eigenvalue weighted by Crippen LogP contribution is 2.42. The molecule has 31 heavy (non-hydrogen) atoms. The van der Waals surface area contributed by atoms with Crippen molar-refractivity contribution in [1.82, 2.24) is 15.1 Å². The van der Waals surface area contributed by atoms with Crippen LogP contribution in [0.2, 0.25) is 0 Å². The molecule has 164 valence electrons. The number of hydrogen-bond acceptors (Lipinski definition) is 7. The molecular formula is C22H26N4O5. The first kappa shape index (κ1) is 20.3. The zero-order valence-corrected chi connectivity index (χ0v) is 17.3. The van der Waals surface area contributed by atoms with Gasteiger partial charge in [0.1, 0.15) is 6.04 Å². The summed E-state index contributed by atoms with van der Waals surface area (Å²) in [6.45, 7) is 4.55. The van der Waals surface area contributed by atoms with Crippen LogP contribution in [0.4, 0.5) is 0 Å². The van der Waals surface area contributed by atoms with Gasteiger partial charge in [-0.3, -0.25) is 34.3 Å². The van der Waals surface area contributed by atoms with Crippen molar-refractivity contribution in [3.63, 3.8) is 0 Å². The Morgan fingerprint density at radius 3 is 2.71 bits per heavy atom. The normalized spacial score (nSPS) is 31.1. The molecule has 3 atom stereocenters. The van der Waals surface area contributed by atoms with Gasteiger partial charge in [0, 0.05) is 44.0 Å². The number of benzene rings is 1. The number of piperidine rings is 1. The number of imide groups is 2.